The van der Waals surface area contributed by atoms with E-state index in [-0.39, 0.29) is 52.9 Å². The highest BCUT2D eigenvalue weighted by Crippen LogP contribution is 2.47. The number of benzene rings is 3. The van der Waals surface area contributed by atoms with Crippen molar-refractivity contribution in [2.24, 2.45) is 0 Å². The van der Waals surface area contributed by atoms with Crippen molar-refractivity contribution in [1.29, 1.82) is 0 Å². The minimum Gasteiger partial charge on any atom is -0.495 e. The summed E-state index contributed by atoms with van der Waals surface area (Å²) in [4.78, 5) is 49.4. The molecule has 0 bridgehead atoms. The van der Waals surface area contributed by atoms with Gasteiger partial charge in [-0.2, -0.15) is 4.98 Å². The third-order valence-electron chi connectivity index (χ3n) is 7.99. The van der Waals surface area contributed by atoms with E-state index in [1.165, 1.54) is 20.3 Å². The van der Waals surface area contributed by atoms with Crippen molar-refractivity contribution in [1.82, 2.24) is 9.97 Å². The zero-order chi connectivity index (χ0) is 33.7. The highest BCUT2D eigenvalue weighted by molar-refractivity contribution is 6.38. The van der Waals surface area contributed by atoms with Crippen LogP contribution in [0.2, 0.25) is 10.0 Å². The second-order valence-corrected chi connectivity index (χ2v) is 11.9. The minimum atomic E-state index is -0.787. The predicted octanol–water partition coefficient (Wildman–Crippen LogP) is 7.24. The van der Waals surface area contributed by atoms with Gasteiger partial charge in [0, 0.05) is 48.3 Å². The first-order valence-corrected chi connectivity index (χ1v) is 15.8. The Kier molecular flexibility index (Phi) is 10.6. The Balaban J connectivity index is 1.54. The van der Waals surface area contributed by atoms with Crippen molar-refractivity contribution in [2.45, 2.75) is 45.1 Å². The predicted molar refractivity (Wildman–Crippen MR) is 183 cm³/mol. The number of aromatic nitrogens is 2. The van der Waals surface area contributed by atoms with Gasteiger partial charge >= 0.3 is 0 Å². The number of nitrogens with zero attached hydrogens (tertiary/aromatic N) is 3. The number of carbonyl (C=O) groups is 3. The number of allylic oxidation sites excluding steroid dienone is 1. The smallest absolute Gasteiger partial charge is 0.236 e. The molecule has 1 aromatic heterocycles. The lowest BCUT2D eigenvalue weighted by Gasteiger charge is -2.34. The standard InChI is InChI=1S/C36H34Cl2N4O5/c1-5-26(43)15-21-10-12-25(13-11-21)40-36-39-19-24-17-28(31-32(37)29(46-3)18-30(47-4)33(31)38)35(45)42(34(24)41-36)20-23-9-7-8-22(14-23)16-27(44)6-2/h5,7-14,18-19,28H,1,6,15-17,20H2,2-4H3,(H,39,40,41). The molecule has 3 aromatic carbocycles. The molecule has 11 heteroatoms. The van der Waals surface area contributed by atoms with E-state index in [1.807, 2.05) is 55.5 Å². The topological polar surface area (TPSA) is 111 Å². The molecule has 5 rings (SSSR count). The normalized spacial score (nSPS) is 13.9. The van der Waals surface area contributed by atoms with Gasteiger partial charge in [0.15, 0.2) is 5.78 Å². The van der Waals surface area contributed by atoms with Crippen molar-refractivity contribution >= 4 is 58.1 Å². The van der Waals surface area contributed by atoms with Crippen molar-refractivity contribution in [2.75, 3.05) is 24.4 Å². The van der Waals surface area contributed by atoms with Crippen LogP contribution in [0.3, 0.4) is 0 Å². The van der Waals surface area contributed by atoms with Gasteiger partial charge in [0.05, 0.1) is 36.7 Å². The summed E-state index contributed by atoms with van der Waals surface area (Å²) in [6.07, 6.45) is 4.24. The van der Waals surface area contributed by atoms with Crippen molar-refractivity contribution in [3.05, 3.63) is 111 Å². The van der Waals surface area contributed by atoms with Gasteiger partial charge in [-0.25, -0.2) is 4.98 Å². The summed E-state index contributed by atoms with van der Waals surface area (Å²) in [7, 11) is 2.96. The third-order valence-corrected chi connectivity index (χ3v) is 8.77. The summed E-state index contributed by atoms with van der Waals surface area (Å²) in [6.45, 7) is 5.54. The largest absolute Gasteiger partial charge is 0.495 e. The molecule has 9 nitrogen and oxygen atoms in total. The first-order valence-electron chi connectivity index (χ1n) is 15.0. The van der Waals surface area contributed by atoms with Crippen LogP contribution in [0.1, 0.15) is 47.1 Å². The number of amides is 1. The van der Waals surface area contributed by atoms with Crippen molar-refractivity contribution < 1.29 is 23.9 Å². The number of Topliss-reactive ketones (excluding diaryl/α,β-unsaturated/α-hetero) is 1. The maximum Gasteiger partial charge on any atom is 0.236 e. The van der Waals surface area contributed by atoms with Crippen molar-refractivity contribution in [3.8, 4) is 11.5 Å². The molecule has 47 heavy (non-hydrogen) atoms. The van der Waals surface area contributed by atoms with E-state index in [1.54, 1.807) is 17.2 Å². The summed E-state index contributed by atoms with van der Waals surface area (Å²) in [6, 6.07) is 16.5. The number of methoxy groups -OCH3 is 2. The molecule has 242 valence electrons. The van der Waals surface area contributed by atoms with Gasteiger partial charge in [0.1, 0.15) is 23.1 Å². The van der Waals surface area contributed by atoms with Gasteiger partial charge in [-0.3, -0.25) is 19.3 Å². The average molecular weight is 674 g/mol. The van der Waals surface area contributed by atoms with Crippen LogP contribution >= 0.6 is 23.2 Å². The maximum absolute atomic E-state index is 14.5. The molecule has 0 radical (unpaired) electrons. The fraction of sp³-hybridized carbons (Fsp3) is 0.250. The molecule has 0 saturated carbocycles. The highest BCUT2D eigenvalue weighted by atomic mass is 35.5. The summed E-state index contributed by atoms with van der Waals surface area (Å²) >= 11 is 13.6. The number of carbonyl (C=O) groups excluding carboxylic acids is 3. The Morgan fingerprint density at radius 2 is 1.68 bits per heavy atom. The summed E-state index contributed by atoms with van der Waals surface area (Å²) in [5.74, 6) is 0.391. The molecule has 1 amide bonds. The average Bonchev–Trinajstić information content (AvgIpc) is 3.07. The van der Waals surface area contributed by atoms with E-state index in [0.29, 0.717) is 47.0 Å². The fourth-order valence-corrected chi connectivity index (χ4v) is 6.27. The lowest BCUT2D eigenvalue weighted by molar-refractivity contribution is -0.120. The van der Waals surface area contributed by atoms with Gasteiger partial charge in [0.2, 0.25) is 11.9 Å². The van der Waals surface area contributed by atoms with Crippen LogP contribution in [0.4, 0.5) is 17.5 Å². The van der Waals surface area contributed by atoms with Crippen molar-refractivity contribution in [3.63, 3.8) is 0 Å². The fourth-order valence-electron chi connectivity index (χ4n) is 5.51. The molecule has 1 aliphatic rings. The van der Waals surface area contributed by atoms with Gasteiger partial charge in [-0.15, -0.1) is 0 Å². The van der Waals surface area contributed by atoms with E-state index in [9.17, 15) is 14.4 Å². The van der Waals surface area contributed by atoms with Crippen LogP contribution in [0.15, 0.2) is 73.4 Å². The van der Waals surface area contributed by atoms with Crippen LogP contribution in [0.5, 0.6) is 11.5 Å². The highest BCUT2D eigenvalue weighted by Gasteiger charge is 2.39. The summed E-state index contributed by atoms with van der Waals surface area (Å²) < 4.78 is 11.0. The number of rotatable bonds is 13. The lowest BCUT2D eigenvalue weighted by atomic mass is 9.87. The second kappa shape index (κ2) is 14.8. The summed E-state index contributed by atoms with van der Waals surface area (Å²) in [5.41, 5.74) is 4.35. The second-order valence-electron chi connectivity index (χ2n) is 11.1. The number of hydrogen-bond acceptors (Lipinski definition) is 8. The van der Waals surface area contributed by atoms with Gasteiger partial charge in [0.25, 0.3) is 0 Å². The number of ketones is 2. The Bertz CT molecular complexity index is 1820. The molecule has 2 heterocycles. The van der Waals surface area contributed by atoms with E-state index in [2.05, 4.69) is 16.9 Å². The van der Waals surface area contributed by atoms with Gasteiger partial charge in [-0.05, 0) is 41.3 Å². The van der Waals surface area contributed by atoms with Crippen LogP contribution in [-0.4, -0.2) is 41.7 Å². The van der Waals surface area contributed by atoms with E-state index in [0.717, 1.165) is 16.7 Å². The number of anilines is 3. The molecule has 4 aromatic rings. The van der Waals surface area contributed by atoms with Crippen LogP contribution in [-0.2, 0) is 40.2 Å². The zero-order valence-corrected chi connectivity index (χ0v) is 27.8. The zero-order valence-electron chi connectivity index (χ0n) is 26.3. The molecule has 0 fully saturated rings. The molecular formula is C36H34Cl2N4O5. The quantitative estimate of drug-likeness (QED) is 0.148. The summed E-state index contributed by atoms with van der Waals surface area (Å²) in [5, 5.41) is 3.64. The number of halogens is 2. The number of nitrogens with one attached hydrogen (secondary N) is 1. The molecule has 1 N–H and O–H groups in total. The van der Waals surface area contributed by atoms with E-state index >= 15 is 0 Å². The molecule has 1 aliphatic heterocycles. The first kappa shape index (κ1) is 33.6. The number of fused-ring (bicyclic) bond motifs is 1. The van der Waals surface area contributed by atoms with Crippen LogP contribution in [0, 0.1) is 0 Å². The van der Waals surface area contributed by atoms with E-state index in [4.69, 9.17) is 37.7 Å². The SMILES string of the molecule is C=CC(=O)Cc1ccc(Nc2ncc3c(n2)N(Cc2cccc(CC(=O)CC)c2)C(=O)C(c2c(Cl)c(OC)cc(OC)c2Cl)C3)cc1. The number of hydrogen-bond donors (Lipinski definition) is 1. The van der Waals surface area contributed by atoms with Crippen LogP contribution in [0.25, 0.3) is 0 Å². The van der Waals surface area contributed by atoms with E-state index < -0.39 is 5.92 Å². The maximum atomic E-state index is 14.5. The first-order chi connectivity index (χ1) is 22.6. The van der Waals surface area contributed by atoms with Gasteiger partial charge < -0.3 is 14.8 Å². The lowest BCUT2D eigenvalue weighted by Crippen LogP contribution is -2.41. The minimum absolute atomic E-state index is 0.0655. The molecule has 0 spiro atoms. The van der Waals surface area contributed by atoms with Gasteiger partial charge in [-0.1, -0.05) is 73.1 Å². The molecule has 0 aliphatic carbocycles. The monoisotopic (exact) mass is 672 g/mol. The Morgan fingerprint density at radius 3 is 2.32 bits per heavy atom. The van der Waals surface area contributed by atoms with Crippen LogP contribution < -0.4 is 19.7 Å². The molecule has 0 saturated heterocycles. The molecular weight excluding hydrogens is 639 g/mol. The third kappa shape index (κ3) is 7.48. The Hall–Kier alpha value is -4.73. The Labute approximate surface area is 283 Å². The molecule has 1 atom stereocenters. The Morgan fingerprint density at radius 1 is 1.00 bits per heavy atom. The molecule has 1 unspecified atom stereocenters. The number of ether oxygens (including phenoxy) is 2.